The molecule has 0 saturated heterocycles. The Kier molecular flexibility index (Phi) is 4.19. The van der Waals surface area contributed by atoms with E-state index < -0.39 is 0 Å². The van der Waals surface area contributed by atoms with E-state index in [4.69, 9.17) is 5.26 Å². The van der Waals surface area contributed by atoms with Crippen LogP contribution in [-0.2, 0) is 6.42 Å². The first-order chi connectivity index (χ1) is 9.31. The van der Waals surface area contributed by atoms with Gasteiger partial charge in [-0.15, -0.1) is 0 Å². The van der Waals surface area contributed by atoms with Crippen molar-refractivity contribution in [1.82, 2.24) is 15.3 Å². The third-order valence-electron chi connectivity index (χ3n) is 2.61. The molecule has 2 heterocycles. The smallest absolute Gasteiger partial charge is 0.254 e. The molecule has 0 unspecified atom stereocenters. The van der Waals surface area contributed by atoms with Gasteiger partial charge in [0.05, 0.1) is 11.1 Å². The van der Waals surface area contributed by atoms with Crippen molar-refractivity contribution in [3.63, 3.8) is 0 Å². The molecule has 0 fully saturated rings. The summed E-state index contributed by atoms with van der Waals surface area (Å²) in [5.41, 5.74) is 1.68. The number of hydrogen-bond donors (Lipinski definition) is 1. The van der Waals surface area contributed by atoms with Crippen molar-refractivity contribution in [3.8, 4) is 6.07 Å². The molecule has 0 radical (unpaired) electrons. The zero-order valence-corrected chi connectivity index (χ0v) is 10.2. The summed E-state index contributed by atoms with van der Waals surface area (Å²) in [6.07, 6.45) is 7.05. The highest BCUT2D eigenvalue weighted by Crippen LogP contribution is 2.05. The maximum absolute atomic E-state index is 11.9. The van der Waals surface area contributed by atoms with Gasteiger partial charge in [-0.2, -0.15) is 5.26 Å². The predicted octanol–water partition coefficient (Wildman–Crippen LogP) is 1.32. The quantitative estimate of drug-likeness (QED) is 0.890. The molecular formula is C14H12N4O. The van der Waals surface area contributed by atoms with Gasteiger partial charge in [0, 0.05) is 31.3 Å². The van der Waals surface area contributed by atoms with Crippen LogP contribution in [0, 0.1) is 11.3 Å². The van der Waals surface area contributed by atoms with Crippen LogP contribution in [0.25, 0.3) is 0 Å². The number of carbonyl (C=O) groups is 1. The monoisotopic (exact) mass is 252 g/mol. The fourth-order valence-corrected chi connectivity index (χ4v) is 1.63. The molecule has 94 valence electrons. The van der Waals surface area contributed by atoms with Gasteiger partial charge in [-0.3, -0.25) is 14.8 Å². The van der Waals surface area contributed by atoms with Gasteiger partial charge in [0.2, 0.25) is 0 Å². The van der Waals surface area contributed by atoms with Crippen LogP contribution in [0.4, 0.5) is 0 Å². The minimum atomic E-state index is -0.284. The number of aromatic nitrogens is 2. The molecule has 1 amide bonds. The minimum absolute atomic E-state index is 0.284. The van der Waals surface area contributed by atoms with Crippen molar-refractivity contribution < 1.29 is 4.79 Å². The molecule has 1 N–H and O–H groups in total. The van der Waals surface area contributed by atoms with E-state index >= 15 is 0 Å². The lowest BCUT2D eigenvalue weighted by Crippen LogP contribution is -2.26. The summed E-state index contributed by atoms with van der Waals surface area (Å²) in [5.74, 6) is -0.284. The zero-order valence-electron chi connectivity index (χ0n) is 10.2. The van der Waals surface area contributed by atoms with Gasteiger partial charge in [-0.1, -0.05) is 6.07 Å². The molecule has 0 bridgehead atoms. The van der Waals surface area contributed by atoms with Crippen molar-refractivity contribution in [3.05, 3.63) is 59.7 Å². The average Bonchev–Trinajstić information content (AvgIpc) is 2.48. The normalized spacial score (nSPS) is 9.63. The summed E-state index contributed by atoms with van der Waals surface area (Å²) < 4.78 is 0. The van der Waals surface area contributed by atoms with Crippen LogP contribution in [0.5, 0.6) is 0 Å². The highest BCUT2D eigenvalue weighted by molar-refractivity contribution is 5.96. The standard InChI is InChI=1S/C14H12N4O/c15-8-12-4-6-17-10-13(12)14(19)18-7-3-11-2-1-5-16-9-11/h1-2,4-6,9-10H,3,7H2,(H,18,19). The minimum Gasteiger partial charge on any atom is -0.352 e. The average molecular weight is 252 g/mol. The molecular weight excluding hydrogens is 240 g/mol. The number of nitrogens with zero attached hydrogens (tertiary/aromatic N) is 3. The lowest BCUT2D eigenvalue weighted by molar-refractivity contribution is 0.0953. The Bertz CT molecular complexity index is 604. The molecule has 2 aromatic rings. The molecule has 0 aromatic carbocycles. The molecule has 19 heavy (non-hydrogen) atoms. The second-order valence-electron chi connectivity index (χ2n) is 3.90. The van der Waals surface area contributed by atoms with Crippen LogP contribution in [0.3, 0.4) is 0 Å². The Morgan fingerprint density at radius 3 is 2.84 bits per heavy atom. The Labute approximate surface area is 110 Å². The highest BCUT2D eigenvalue weighted by atomic mass is 16.1. The number of hydrogen-bond acceptors (Lipinski definition) is 4. The number of carbonyl (C=O) groups excluding carboxylic acids is 1. The Morgan fingerprint density at radius 2 is 2.11 bits per heavy atom. The molecule has 2 rings (SSSR count). The van der Waals surface area contributed by atoms with E-state index in [0.717, 1.165) is 5.56 Å². The Hall–Kier alpha value is -2.74. The van der Waals surface area contributed by atoms with Crippen LogP contribution in [0.1, 0.15) is 21.5 Å². The first kappa shape index (κ1) is 12.7. The molecule has 0 saturated carbocycles. The van der Waals surface area contributed by atoms with Gasteiger partial charge < -0.3 is 5.32 Å². The lowest BCUT2D eigenvalue weighted by atomic mass is 10.1. The topological polar surface area (TPSA) is 78.7 Å². The van der Waals surface area contributed by atoms with E-state index in [9.17, 15) is 4.79 Å². The van der Waals surface area contributed by atoms with Crippen LogP contribution in [-0.4, -0.2) is 22.4 Å². The largest absolute Gasteiger partial charge is 0.352 e. The van der Waals surface area contributed by atoms with Crippen molar-refractivity contribution in [2.24, 2.45) is 0 Å². The maximum Gasteiger partial charge on any atom is 0.254 e. The molecule has 2 aromatic heterocycles. The van der Waals surface area contributed by atoms with E-state index in [1.165, 1.54) is 18.5 Å². The summed E-state index contributed by atoms with van der Waals surface area (Å²) in [6.45, 7) is 0.490. The second kappa shape index (κ2) is 6.26. The van der Waals surface area contributed by atoms with E-state index in [-0.39, 0.29) is 5.91 Å². The predicted molar refractivity (Wildman–Crippen MR) is 69.2 cm³/mol. The van der Waals surface area contributed by atoms with E-state index in [1.807, 2.05) is 18.2 Å². The fourth-order valence-electron chi connectivity index (χ4n) is 1.63. The van der Waals surface area contributed by atoms with Gasteiger partial charge in [0.15, 0.2) is 0 Å². The number of pyridine rings is 2. The van der Waals surface area contributed by atoms with Gasteiger partial charge in [0.25, 0.3) is 5.91 Å². The van der Waals surface area contributed by atoms with Crippen molar-refractivity contribution in [2.45, 2.75) is 6.42 Å². The van der Waals surface area contributed by atoms with Crippen LogP contribution in [0.2, 0.25) is 0 Å². The molecule has 0 atom stereocenters. The number of nitrogens with one attached hydrogen (secondary N) is 1. The molecule has 0 spiro atoms. The summed E-state index contributed by atoms with van der Waals surface area (Å²) in [4.78, 5) is 19.8. The van der Waals surface area contributed by atoms with Crippen molar-refractivity contribution in [1.29, 1.82) is 5.26 Å². The van der Waals surface area contributed by atoms with E-state index in [2.05, 4.69) is 15.3 Å². The molecule has 0 aliphatic heterocycles. The maximum atomic E-state index is 11.9. The van der Waals surface area contributed by atoms with Gasteiger partial charge in [-0.05, 0) is 24.1 Å². The number of rotatable bonds is 4. The van der Waals surface area contributed by atoms with E-state index in [1.54, 1.807) is 12.4 Å². The second-order valence-corrected chi connectivity index (χ2v) is 3.90. The molecule has 5 nitrogen and oxygen atoms in total. The Balaban J connectivity index is 1.93. The number of nitriles is 1. The Morgan fingerprint density at radius 1 is 1.26 bits per heavy atom. The van der Waals surface area contributed by atoms with Gasteiger partial charge in [0.1, 0.15) is 6.07 Å². The van der Waals surface area contributed by atoms with Crippen LogP contribution < -0.4 is 5.32 Å². The SMILES string of the molecule is N#Cc1ccncc1C(=O)NCCc1cccnc1. The first-order valence-corrected chi connectivity index (χ1v) is 5.82. The van der Waals surface area contributed by atoms with Gasteiger partial charge >= 0.3 is 0 Å². The summed E-state index contributed by atoms with van der Waals surface area (Å²) >= 11 is 0. The molecule has 0 aliphatic rings. The summed E-state index contributed by atoms with van der Waals surface area (Å²) in [7, 11) is 0. The zero-order chi connectivity index (χ0) is 13.5. The highest BCUT2D eigenvalue weighted by Gasteiger charge is 2.10. The first-order valence-electron chi connectivity index (χ1n) is 5.82. The van der Waals surface area contributed by atoms with E-state index in [0.29, 0.717) is 24.1 Å². The summed E-state index contributed by atoms with van der Waals surface area (Å²) in [5, 5.41) is 11.7. The van der Waals surface area contributed by atoms with Gasteiger partial charge in [-0.25, -0.2) is 0 Å². The van der Waals surface area contributed by atoms with Crippen LogP contribution in [0.15, 0.2) is 43.0 Å². The lowest BCUT2D eigenvalue weighted by Gasteiger charge is -2.05. The van der Waals surface area contributed by atoms with Crippen molar-refractivity contribution in [2.75, 3.05) is 6.54 Å². The third-order valence-corrected chi connectivity index (χ3v) is 2.61. The van der Waals surface area contributed by atoms with Crippen molar-refractivity contribution >= 4 is 5.91 Å². The fraction of sp³-hybridized carbons (Fsp3) is 0.143. The number of amides is 1. The van der Waals surface area contributed by atoms with Crippen LogP contribution >= 0.6 is 0 Å². The third kappa shape index (κ3) is 3.36. The molecule has 0 aliphatic carbocycles. The summed E-state index contributed by atoms with van der Waals surface area (Å²) in [6, 6.07) is 7.30. The molecule has 5 heteroatoms.